The minimum atomic E-state index is -0.155. The van der Waals surface area contributed by atoms with Crippen LogP contribution in [0.15, 0.2) is 23.2 Å². The van der Waals surface area contributed by atoms with E-state index in [0.29, 0.717) is 5.92 Å². The van der Waals surface area contributed by atoms with Gasteiger partial charge in [-0.05, 0) is 37.2 Å². The summed E-state index contributed by atoms with van der Waals surface area (Å²) in [7, 11) is 1.97. The van der Waals surface area contributed by atoms with Crippen LogP contribution in [0.1, 0.15) is 17.9 Å². The number of fused-ring (bicyclic) bond motifs is 3. The van der Waals surface area contributed by atoms with Crippen LogP contribution >= 0.6 is 11.8 Å². The molecule has 17 heavy (non-hydrogen) atoms. The summed E-state index contributed by atoms with van der Waals surface area (Å²) in [4.78, 5) is 3.40. The average molecular weight is 250 g/mol. The van der Waals surface area contributed by atoms with Crippen molar-refractivity contribution in [1.29, 1.82) is 0 Å². The van der Waals surface area contributed by atoms with Crippen LogP contribution < -0.4 is 5.32 Å². The van der Waals surface area contributed by atoms with Crippen LogP contribution in [0.25, 0.3) is 10.9 Å². The molecule has 3 rings (SSSR count). The molecule has 4 heteroatoms. The standard InChI is InChI=1S/C13H15FN2S/c1-15-7-8-4-5-17-13-12(8)10-6-9(14)2-3-11(10)16-13/h2-3,6,8,15-16H,4-5,7H2,1H3. The van der Waals surface area contributed by atoms with E-state index in [0.717, 1.165) is 29.6 Å². The molecule has 2 N–H and O–H groups in total. The highest BCUT2D eigenvalue weighted by Crippen LogP contribution is 2.41. The normalized spacial score (nSPS) is 19.5. The highest BCUT2D eigenvalue weighted by molar-refractivity contribution is 7.99. The Morgan fingerprint density at radius 3 is 3.24 bits per heavy atom. The molecule has 0 bridgehead atoms. The van der Waals surface area contributed by atoms with Crippen LogP contribution in [0, 0.1) is 5.82 Å². The number of nitrogens with one attached hydrogen (secondary N) is 2. The maximum absolute atomic E-state index is 13.4. The fraction of sp³-hybridized carbons (Fsp3) is 0.385. The molecule has 0 spiro atoms. The zero-order valence-corrected chi connectivity index (χ0v) is 10.5. The molecule has 0 saturated carbocycles. The van der Waals surface area contributed by atoms with E-state index in [-0.39, 0.29) is 5.82 Å². The SMILES string of the molecule is CNCC1CCSc2[nH]c3ccc(F)cc3c21. The van der Waals surface area contributed by atoms with Gasteiger partial charge in [0.15, 0.2) is 0 Å². The molecule has 2 aromatic rings. The lowest BCUT2D eigenvalue weighted by Crippen LogP contribution is -2.20. The molecule has 0 amide bonds. The molecule has 0 fully saturated rings. The lowest BCUT2D eigenvalue weighted by Gasteiger charge is -2.22. The van der Waals surface area contributed by atoms with Crippen molar-refractivity contribution in [2.75, 3.05) is 19.3 Å². The zero-order valence-electron chi connectivity index (χ0n) is 9.72. The molecule has 0 radical (unpaired) electrons. The lowest BCUT2D eigenvalue weighted by atomic mass is 9.95. The number of rotatable bonds is 2. The third-order valence-corrected chi connectivity index (χ3v) is 4.39. The second-order valence-corrected chi connectivity index (χ2v) is 5.55. The predicted octanol–water partition coefficient (Wildman–Crippen LogP) is 3.11. The monoisotopic (exact) mass is 250 g/mol. The molecule has 1 aliphatic rings. The van der Waals surface area contributed by atoms with Gasteiger partial charge in [0.25, 0.3) is 0 Å². The van der Waals surface area contributed by atoms with E-state index in [9.17, 15) is 4.39 Å². The maximum Gasteiger partial charge on any atom is 0.123 e. The molecule has 0 aliphatic carbocycles. The smallest absolute Gasteiger partial charge is 0.123 e. The van der Waals surface area contributed by atoms with Gasteiger partial charge < -0.3 is 10.3 Å². The van der Waals surface area contributed by atoms with E-state index < -0.39 is 0 Å². The Balaban J connectivity index is 2.18. The van der Waals surface area contributed by atoms with E-state index in [2.05, 4.69) is 10.3 Å². The molecule has 1 unspecified atom stereocenters. The van der Waals surface area contributed by atoms with Crippen molar-refractivity contribution in [2.45, 2.75) is 17.4 Å². The lowest BCUT2D eigenvalue weighted by molar-refractivity contribution is 0.601. The van der Waals surface area contributed by atoms with Crippen molar-refractivity contribution in [2.24, 2.45) is 0 Å². The molecule has 1 aromatic heterocycles. The van der Waals surface area contributed by atoms with Gasteiger partial charge in [-0.15, -0.1) is 11.8 Å². The molecule has 1 aliphatic heterocycles. The third-order valence-electron chi connectivity index (χ3n) is 3.34. The number of thioether (sulfide) groups is 1. The Kier molecular flexibility index (Phi) is 2.84. The van der Waals surface area contributed by atoms with Crippen molar-refractivity contribution in [1.82, 2.24) is 10.3 Å². The van der Waals surface area contributed by atoms with Crippen molar-refractivity contribution < 1.29 is 4.39 Å². The van der Waals surface area contributed by atoms with Crippen LogP contribution in [0.4, 0.5) is 4.39 Å². The number of hydrogen-bond donors (Lipinski definition) is 2. The molecule has 90 valence electrons. The predicted molar refractivity (Wildman–Crippen MR) is 70.3 cm³/mol. The van der Waals surface area contributed by atoms with E-state index in [1.807, 2.05) is 24.9 Å². The summed E-state index contributed by atoms with van der Waals surface area (Å²) in [6.07, 6.45) is 1.15. The van der Waals surface area contributed by atoms with E-state index in [1.165, 1.54) is 16.7 Å². The highest BCUT2D eigenvalue weighted by atomic mass is 32.2. The van der Waals surface area contributed by atoms with Crippen molar-refractivity contribution in [3.8, 4) is 0 Å². The number of likely N-dealkylation sites (N-methyl/N-ethyl adjacent to an activating group) is 1. The molecular weight excluding hydrogens is 235 g/mol. The van der Waals surface area contributed by atoms with Crippen LogP contribution in [-0.2, 0) is 0 Å². The number of aromatic nitrogens is 1. The number of H-pyrrole nitrogens is 1. The van der Waals surface area contributed by atoms with Crippen molar-refractivity contribution in [3.05, 3.63) is 29.6 Å². The Bertz CT molecular complexity index is 550. The second-order valence-electron chi connectivity index (χ2n) is 4.45. The molecule has 0 saturated heterocycles. The molecule has 2 nitrogen and oxygen atoms in total. The summed E-state index contributed by atoms with van der Waals surface area (Å²) in [5.41, 5.74) is 2.34. The van der Waals surface area contributed by atoms with Gasteiger partial charge in [0.2, 0.25) is 0 Å². The summed E-state index contributed by atoms with van der Waals surface area (Å²) in [6.45, 7) is 0.955. The second kappa shape index (κ2) is 4.35. The quantitative estimate of drug-likeness (QED) is 0.857. The van der Waals surface area contributed by atoms with Gasteiger partial charge in [0.05, 0.1) is 5.03 Å². The first kappa shape index (κ1) is 11.1. The minimum Gasteiger partial charge on any atom is -0.349 e. The highest BCUT2D eigenvalue weighted by Gasteiger charge is 2.24. The first-order chi connectivity index (χ1) is 8.29. The maximum atomic E-state index is 13.4. The van der Waals surface area contributed by atoms with Gasteiger partial charge in [0, 0.05) is 29.1 Å². The van der Waals surface area contributed by atoms with Gasteiger partial charge in [0.1, 0.15) is 5.82 Å². The zero-order chi connectivity index (χ0) is 11.8. The first-order valence-corrected chi connectivity index (χ1v) is 6.86. The summed E-state index contributed by atoms with van der Waals surface area (Å²) in [5, 5.41) is 5.50. The molecule has 2 heterocycles. The van der Waals surface area contributed by atoms with E-state index in [1.54, 1.807) is 6.07 Å². The minimum absolute atomic E-state index is 0.155. The molecule has 1 aromatic carbocycles. The Labute approximate surface area is 104 Å². The van der Waals surface area contributed by atoms with Gasteiger partial charge >= 0.3 is 0 Å². The van der Waals surface area contributed by atoms with Gasteiger partial charge in [-0.3, -0.25) is 0 Å². The van der Waals surface area contributed by atoms with Gasteiger partial charge in [-0.2, -0.15) is 0 Å². The Morgan fingerprint density at radius 2 is 2.41 bits per heavy atom. The van der Waals surface area contributed by atoms with Crippen LogP contribution in [0.5, 0.6) is 0 Å². The van der Waals surface area contributed by atoms with Crippen molar-refractivity contribution in [3.63, 3.8) is 0 Å². The number of halogens is 1. The molecular formula is C13H15FN2S. The van der Waals surface area contributed by atoms with Gasteiger partial charge in [-0.25, -0.2) is 4.39 Å². The Morgan fingerprint density at radius 1 is 1.53 bits per heavy atom. The Hall–Kier alpha value is -1.00. The number of benzene rings is 1. The summed E-state index contributed by atoms with van der Waals surface area (Å²) in [6, 6.07) is 5.00. The van der Waals surface area contributed by atoms with Crippen LogP contribution in [0.2, 0.25) is 0 Å². The number of hydrogen-bond acceptors (Lipinski definition) is 2. The fourth-order valence-electron chi connectivity index (χ4n) is 2.58. The average Bonchev–Trinajstić information content (AvgIpc) is 2.68. The topological polar surface area (TPSA) is 27.8 Å². The fourth-order valence-corrected chi connectivity index (χ4v) is 3.80. The van der Waals surface area contributed by atoms with Crippen LogP contribution in [-0.4, -0.2) is 24.3 Å². The molecule has 1 atom stereocenters. The summed E-state index contributed by atoms with van der Waals surface area (Å²) in [5.74, 6) is 1.47. The first-order valence-electron chi connectivity index (χ1n) is 5.88. The van der Waals surface area contributed by atoms with E-state index >= 15 is 0 Å². The number of aromatic amines is 1. The summed E-state index contributed by atoms with van der Waals surface area (Å²) >= 11 is 1.84. The van der Waals surface area contributed by atoms with Crippen LogP contribution in [0.3, 0.4) is 0 Å². The third kappa shape index (κ3) is 1.85. The van der Waals surface area contributed by atoms with E-state index in [4.69, 9.17) is 0 Å². The van der Waals surface area contributed by atoms with Crippen molar-refractivity contribution >= 4 is 22.7 Å². The largest absolute Gasteiger partial charge is 0.349 e. The summed E-state index contributed by atoms with van der Waals surface area (Å²) < 4.78 is 13.4. The van der Waals surface area contributed by atoms with Gasteiger partial charge in [-0.1, -0.05) is 0 Å².